The minimum atomic E-state index is -2.54. The van der Waals surface area contributed by atoms with E-state index in [0.29, 0.717) is 42.6 Å². The van der Waals surface area contributed by atoms with Crippen LogP contribution in [-0.4, -0.2) is 64.1 Å². The summed E-state index contributed by atoms with van der Waals surface area (Å²) in [6.45, 7) is 3.13. The monoisotopic (exact) mass is 460 g/mol. The number of aromatic nitrogens is 5. The molecule has 3 heterocycles. The molecule has 1 aromatic carbocycles. The first-order valence-corrected chi connectivity index (χ1v) is 10.2. The average Bonchev–Trinajstić information content (AvgIpc) is 3.22. The molecule has 0 unspecified atom stereocenters. The normalized spacial score (nSPS) is 16.2. The van der Waals surface area contributed by atoms with E-state index in [1.807, 2.05) is 4.90 Å². The van der Waals surface area contributed by atoms with E-state index in [1.165, 1.54) is 23.9 Å². The predicted octanol–water partition coefficient (Wildman–Crippen LogP) is 2.26. The van der Waals surface area contributed by atoms with Gasteiger partial charge in [-0.25, -0.2) is 18.3 Å². The van der Waals surface area contributed by atoms with Crippen LogP contribution in [-0.2, 0) is 20.9 Å². The molecule has 1 aliphatic rings. The van der Waals surface area contributed by atoms with Crippen LogP contribution in [0.5, 0.6) is 5.88 Å². The van der Waals surface area contributed by atoms with E-state index in [4.69, 9.17) is 14.2 Å². The number of rotatable bonds is 7. The number of carbonyl (C=O) groups excluding carboxylic acids is 1. The molecule has 4 rings (SSSR count). The highest BCUT2D eigenvalue weighted by Gasteiger charge is 2.28. The number of alkyl halides is 2. The lowest BCUT2D eigenvalue weighted by molar-refractivity contribution is -0.154. The zero-order valence-electron chi connectivity index (χ0n) is 18.0. The van der Waals surface area contributed by atoms with Gasteiger partial charge >= 0.3 is 5.97 Å². The molecule has 2 aromatic heterocycles. The minimum absolute atomic E-state index is 0.0677. The maximum absolute atomic E-state index is 12.8. The Morgan fingerprint density at radius 3 is 2.64 bits per heavy atom. The van der Waals surface area contributed by atoms with Gasteiger partial charge in [0.2, 0.25) is 5.88 Å². The van der Waals surface area contributed by atoms with E-state index in [-0.39, 0.29) is 18.1 Å². The van der Waals surface area contributed by atoms with Gasteiger partial charge in [0.1, 0.15) is 12.3 Å². The molecule has 0 radical (unpaired) electrons. The largest absolute Gasteiger partial charge is 0.470 e. The number of halogens is 2. The van der Waals surface area contributed by atoms with Crippen molar-refractivity contribution in [2.45, 2.75) is 26.1 Å². The number of hydrogen-bond donors (Lipinski definition) is 0. The van der Waals surface area contributed by atoms with Crippen LogP contribution >= 0.6 is 0 Å². The summed E-state index contributed by atoms with van der Waals surface area (Å²) in [6.07, 6.45) is -3.21. The number of morpholine rings is 1. The lowest BCUT2D eigenvalue weighted by Gasteiger charge is -2.31. The van der Waals surface area contributed by atoms with Crippen molar-refractivity contribution in [3.05, 3.63) is 53.3 Å². The number of benzene rings is 1. The van der Waals surface area contributed by atoms with Crippen molar-refractivity contribution in [1.29, 1.82) is 0 Å². The molecule has 1 fully saturated rings. The Bertz CT molecular complexity index is 1090. The van der Waals surface area contributed by atoms with Gasteiger partial charge in [-0.2, -0.15) is 0 Å². The average molecular weight is 460 g/mol. The molecular formula is C21H22F2N6O4. The molecule has 0 amide bonds. The molecule has 1 atom stereocenters. The molecule has 3 aromatic rings. The second-order valence-electron chi connectivity index (χ2n) is 7.27. The fourth-order valence-corrected chi connectivity index (χ4v) is 3.34. The van der Waals surface area contributed by atoms with Gasteiger partial charge in [0.15, 0.2) is 11.9 Å². The molecule has 1 saturated heterocycles. The summed E-state index contributed by atoms with van der Waals surface area (Å²) in [7, 11) is 1.32. The Kier molecular flexibility index (Phi) is 6.73. The molecular weight excluding hydrogens is 438 g/mol. The molecule has 0 bridgehead atoms. The fraction of sp³-hybridized carbons (Fsp3) is 0.381. The lowest BCUT2D eigenvalue weighted by atomic mass is 10.2. The SMILES string of the molecule is COC(=O)[C@@H]1CN(c2ccc(OCc3c(C)nnn3-c3ccc(C(F)F)cc3)nn2)CCO1. The molecule has 0 N–H and O–H groups in total. The molecule has 0 saturated carbocycles. The van der Waals surface area contributed by atoms with Gasteiger partial charge in [-0.1, -0.05) is 17.3 Å². The van der Waals surface area contributed by atoms with Crippen LogP contribution in [0.1, 0.15) is 23.4 Å². The van der Waals surface area contributed by atoms with Crippen LogP contribution in [0.25, 0.3) is 5.69 Å². The first-order valence-electron chi connectivity index (χ1n) is 10.2. The first-order chi connectivity index (χ1) is 16.0. The van der Waals surface area contributed by atoms with Gasteiger partial charge in [0.25, 0.3) is 6.43 Å². The summed E-state index contributed by atoms with van der Waals surface area (Å²) in [5.41, 5.74) is 1.81. The Hall–Kier alpha value is -3.67. The summed E-state index contributed by atoms with van der Waals surface area (Å²) in [4.78, 5) is 13.6. The number of hydrogen-bond acceptors (Lipinski definition) is 9. The topological polar surface area (TPSA) is 104 Å². The Labute approximate surface area is 188 Å². The highest BCUT2D eigenvalue weighted by molar-refractivity contribution is 5.75. The second kappa shape index (κ2) is 9.86. The van der Waals surface area contributed by atoms with E-state index < -0.39 is 18.5 Å². The van der Waals surface area contributed by atoms with Crippen molar-refractivity contribution < 1.29 is 27.8 Å². The number of nitrogens with zero attached hydrogens (tertiary/aromatic N) is 6. The smallest absolute Gasteiger partial charge is 0.336 e. The van der Waals surface area contributed by atoms with E-state index in [9.17, 15) is 13.6 Å². The van der Waals surface area contributed by atoms with Crippen LogP contribution in [0.4, 0.5) is 14.6 Å². The lowest BCUT2D eigenvalue weighted by Crippen LogP contribution is -2.46. The zero-order chi connectivity index (χ0) is 23.4. The summed E-state index contributed by atoms with van der Waals surface area (Å²) in [5.74, 6) is 0.440. The molecule has 174 valence electrons. The Morgan fingerprint density at radius 2 is 1.97 bits per heavy atom. The van der Waals surface area contributed by atoms with Crippen LogP contribution < -0.4 is 9.64 Å². The van der Waals surface area contributed by atoms with E-state index in [2.05, 4.69) is 20.5 Å². The van der Waals surface area contributed by atoms with Crippen LogP contribution in [0, 0.1) is 6.92 Å². The number of anilines is 1. The zero-order valence-corrected chi connectivity index (χ0v) is 18.0. The number of ether oxygens (including phenoxy) is 3. The van der Waals surface area contributed by atoms with Crippen LogP contribution in [0.3, 0.4) is 0 Å². The van der Waals surface area contributed by atoms with Gasteiger partial charge < -0.3 is 19.1 Å². The minimum Gasteiger partial charge on any atom is -0.470 e. The highest BCUT2D eigenvalue weighted by Crippen LogP contribution is 2.22. The van der Waals surface area contributed by atoms with E-state index in [1.54, 1.807) is 31.2 Å². The summed E-state index contributed by atoms with van der Waals surface area (Å²) in [6, 6.07) is 9.22. The van der Waals surface area contributed by atoms with Gasteiger partial charge in [0, 0.05) is 18.2 Å². The Morgan fingerprint density at radius 1 is 1.18 bits per heavy atom. The summed E-state index contributed by atoms with van der Waals surface area (Å²) < 4.78 is 43.1. The number of esters is 1. The van der Waals surface area contributed by atoms with Gasteiger partial charge in [0.05, 0.1) is 31.6 Å². The maximum Gasteiger partial charge on any atom is 0.336 e. The second-order valence-corrected chi connectivity index (χ2v) is 7.27. The molecule has 0 spiro atoms. The summed E-state index contributed by atoms with van der Waals surface area (Å²) >= 11 is 0. The number of methoxy groups -OCH3 is 1. The van der Waals surface area contributed by atoms with E-state index in [0.717, 1.165) is 0 Å². The van der Waals surface area contributed by atoms with Crippen molar-refractivity contribution >= 4 is 11.8 Å². The van der Waals surface area contributed by atoms with Crippen molar-refractivity contribution in [2.75, 3.05) is 31.7 Å². The van der Waals surface area contributed by atoms with Gasteiger partial charge in [-0.15, -0.1) is 15.3 Å². The third-order valence-corrected chi connectivity index (χ3v) is 5.18. The van der Waals surface area contributed by atoms with E-state index >= 15 is 0 Å². The van der Waals surface area contributed by atoms with Crippen LogP contribution in [0.15, 0.2) is 36.4 Å². The van der Waals surface area contributed by atoms with Crippen molar-refractivity contribution in [2.24, 2.45) is 0 Å². The fourth-order valence-electron chi connectivity index (χ4n) is 3.34. The Balaban J connectivity index is 1.42. The highest BCUT2D eigenvalue weighted by atomic mass is 19.3. The van der Waals surface area contributed by atoms with Gasteiger partial charge in [-0.3, -0.25) is 0 Å². The van der Waals surface area contributed by atoms with Crippen LogP contribution in [0.2, 0.25) is 0 Å². The standard InChI is InChI=1S/C21H22F2N6O4/c1-13-16(29(27-24-13)15-5-3-14(4-6-15)20(22)23)12-33-19-8-7-18(25-26-19)28-9-10-32-17(11-28)21(30)31-2/h3-8,17,20H,9-12H2,1-2H3/t17-/m0/s1. The van der Waals surface area contributed by atoms with Gasteiger partial charge in [-0.05, 0) is 25.1 Å². The quantitative estimate of drug-likeness (QED) is 0.491. The summed E-state index contributed by atoms with van der Waals surface area (Å²) in [5, 5.41) is 16.4. The third-order valence-electron chi connectivity index (χ3n) is 5.18. The molecule has 0 aliphatic carbocycles. The third kappa shape index (κ3) is 5.06. The van der Waals surface area contributed by atoms with Crippen molar-refractivity contribution in [3.8, 4) is 11.6 Å². The maximum atomic E-state index is 12.8. The van der Waals surface area contributed by atoms with Crippen molar-refractivity contribution in [3.63, 3.8) is 0 Å². The van der Waals surface area contributed by atoms with Crippen molar-refractivity contribution in [1.82, 2.24) is 25.2 Å². The first kappa shape index (κ1) is 22.5. The molecule has 12 heteroatoms. The molecule has 10 nitrogen and oxygen atoms in total. The molecule has 1 aliphatic heterocycles. The number of carbonyl (C=O) groups is 1. The predicted molar refractivity (Wildman–Crippen MR) is 111 cm³/mol. The number of aryl methyl sites for hydroxylation is 1. The molecule has 33 heavy (non-hydrogen) atoms.